The summed E-state index contributed by atoms with van der Waals surface area (Å²) in [7, 11) is 0. The van der Waals surface area contributed by atoms with Crippen LogP contribution in [0.5, 0.6) is 0 Å². The van der Waals surface area contributed by atoms with E-state index in [0.29, 0.717) is 0 Å². The van der Waals surface area contributed by atoms with Gasteiger partial charge in [-0.3, -0.25) is 4.68 Å². The molecule has 0 bridgehead atoms. The van der Waals surface area contributed by atoms with E-state index < -0.39 is 0 Å². The van der Waals surface area contributed by atoms with Gasteiger partial charge in [0, 0.05) is 23.8 Å². The molecule has 3 nitrogen and oxygen atoms in total. The van der Waals surface area contributed by atoms with E-state index in [1.54, 1.807) is 0 Å². The molecule has 0 aliphatic carbocycles. The third kappa shape index (κ3) is 3.08. The summed E-state index contributed by atoms with van der Waals surface area (Å²) in [5.41, 5.74) is 9.50. The van der Waals surface area contributed by atoms with Crippen molar-refractivity contribution in [3.8, 4) is 0 Å². The Morgan fingerprint density at radius 1 is 1.25 bits per heavy atom. The number of rotatable bonds is 6. The second kappa shape index (κ2) is 6.04. The van der Waals surface area contributed by atoms with Crippen LogP contribution < -0.4 is 5.73 Å². The minimum Gasteiger partial charge on any atom is -0.324 e. The van der Waals surface area contributed by atoms with E-state index >= 15 is 0 Å². The molecule has 1 aromatic rings. The van der Waals surface area contributed by atoms with Crippen LogP contribution in [0.1, 0.15) is 62.5 Å². The summed E-state index contributed by atoms with van der Waals surface area (Å²) < 4.78 is 2.11. The highest BCUT2D eigenvalue weighted by Crippen LogP contribution is 2.19. The minimum absolute atomic E-state index is 0.0874. The van der Waals surface area contributed by atoms with E-state index in [4.69, 9.17) is 5.73 Å². The topological polar surface area (TPSA) is 43.8 Å². The zero-order valence-corrected chi connectivity index (χ0v) is 11.1. The van der Waals surface area contributed by atoms with Crippen LogP contribution in [0.3, 0.4) is 0 Å². The Morgan fingerprint density at radius 2 is 1.94 bits per heavy atom. The average Bonchev–Trinajstić information content (AvgIpc) is 2.49. The Kier molecular flexibility index (Phi) is 5.00. The smallest absolute Gasteiger partial charge is 0.0644 e. The van der Waals surface area contributed by atoms with Crippen molar-refractivity contribution in [1.82, 2.24) is 9.78 Å². The Labute approximate surface area is 99.0 Å². The zero-order valence-electron chi connectivity index (χ0n) is 11.1. The van der Waals surface area contributed by atoms with Gasteiger partial charge >= 0.3 is 0 Å². The second-order valence-electron chi connectivity index (χ2n) is 4.66. The molecule has 0 saturated carbocycles. The maximum atomic E-state index is 5.95. The Morgan fingerprint density at radius 3 is 2.44 bits per heavy atom. The maximum Gasteiger partial charge on any atom is 0.0644 e. The van der Waals surface area contributed by atoms with E-state index in [1.165, 1.54) is 36.9 Å². The van der Waals surface area contributed by atoms with Crippen LogP contribution in [-0.2, 0) is 6.54 Å². The van der Waals surface area contributed by atoms with Gasteiger partial charge in [0.2, 0.25) is 0 Å². The quantitative estimate of drug-likeness (QED) is 0.753. The first-order valence-corrected chi connectivity index (χ1v) is 6.37. The fourth-order valence-electron chi connectivity index (χ4n) is 2.28. The zero-order chi connectivity index (χ0) is 12.1. The molecule has 92 valence electrons. The van der Waals surface area contributed by atoms with E-state index in [-0.39, 0.29) is 6.04 Å². The van der Waals surface area contributed by atoms with Gasteiger partial charge in [0.25, 0.3) is 0 Å². The highest BCUT2D eigenvalue weighted by Gasteiger charge is 2.13. The van der Waals surface area contributed by atoms with Gasteiger partial charge in [0.1, 0.15) is 0 Å². The maximum absolute atomic E-state index is 5.95. The lowest BCUT2D eigenvalue weighted by Gasteiger charge is -2.07. The molecule has 1 heterocycles. The third-order valence-corrected chi connectivity index (χ3v) is 3.12. The molecule has 0 spiro atoms. The largest absolute Gasteiger partial charge is 0.324 e. The molecule has 3 heteroatoms. The van der Waals surface area contributed by atoms with Gasteiger partial charge in [-0.05, 0) is 27.2 Å². The number of hydrogen-bond acceptors (Lipinski definition) is 2. The number of nitrogens with zero attached hydrogens (tertiary/aromatic N) is 2. The van der Waals surface area contributed by atoms with Gasteiger partial charge in [0.05, 0.1) is 5.69 Å². The number of nitrogens with two attached hydrogens (primary N) is 1. The normalized spacial score (nSPS) is 13.1. The summed E-state index contributed by atoms with van der Waals surface area (Å²) >= 11 is 0. The fourth-order valence-corrected chi connectivity index (χ4v) is 2.28. The van der Waals surface area contributed by atoms with Crippen LogP contribution in [-0.4, -0.2) is 9.78 Å². The van der Waals surface area contributed by atoms with Gasteiger partial charge in [0.15, 0.2) is 0 Å². The molecule has 16 heavy (non-hydrogen) atoms. The van der Waals surface area contributed by atoms with Crippen molar-refractivity contribution < 1.29 is 0 Å². The van der Waals surface area contributed by atoms with Crippen LogP contribution in [0.4, 0.5) is 0 Å². The number of aromatic nitrogens is 2. The molecule has 0 fully saturated rings. The van der Waals surface area contributed by atoms with Crippen LogP contribution in [0.25, 0.3) is 0 Å². The van der Waals surface area contributed by atoms with Gasteiger partial charge in [-0.25, -0.2) is 0 Å². The molecule has 1 atom stereocenters. The molecule has 0 aromatic carbocycles. The van der Waals surface area contributed by atoms with Crippen LogP contribution in [0, 0.1) is 13.8 Å². The highest BCUT2D eigenvalue weighted by atomic mass is 15.3. The Hall–Kier alpha value is -0.830. The van der Waals surface area contributed by atoms with Crippen molar-refractivity contribution in [3.05, 3.63) is 17.0 Å². The van der Waals surface area contributed by atoms with Gasteiger partial charge in [-0.2, -0.15) is 5.10 Å². The van der Waals surface area contributed by atoms with E-state index in [0.717, 1.165) is 12.2 Å². The molecular formula is C13H25N3. The Bertz CT molecular complexity index is 326. The first kappa shape index (κ1) is 13.2. The first-order valence-electron chi connectivity index (χ1n) is 6.37. The molecule has 0 saturated heterocycles. The molecule has 0 amide bonds. The average molecular weight is 223 g/mol. The second-order valence-corrected chi connectivity index (χ2v) is 4.66. The molecule has 0 aliphatic heterocycles. The third-order valence-electron chi connectivity index (χ3n) is 3.12. The number of unbranched alkanes of at least 4 members (excludes halogenated alkanes) is 3. The molecule has 0 aliphatic rings. The van der Waals surface area contributed by atoms with Crippen molar-refractivity contribution >= 4 is 0 Å². The van der Waals surface area contributed by atoms with Crippen molar-refractivity contribution in [1.29, 1.82) is 0 Å². The van der Waals surface area contributed by atoms with Gasteiger partial charge in [-0.15, -0.1) is 0 Å². The predicted octanol–water partition coefficient (Wildman–Crippen LogP) is 3.10. The Balaban J connectivity index is 2.64. The lowest BCUT2D eigenvalue weighted by Crippen LogP contribution is -2.08. The van der Waals surface area contributed by atoms with Crippen molar-refractivity contribution in [2.75, 3.05) is 0 Å². The molecule has 2 N–H and O–H groups in total. The molecule has 1 unspecified atom stereocenters. The summed E-state index contributed by atoms with van der Waals surface area (Å²) in [5, 5.41) is 4.57. The van der Waals surface area contributed by atoms with Crippen LogP contribution in [0.15, 0.2) is 0 Å². The van der Waals surface area contributed by atoms with Crippen molar-refractivity contribution in [2.24, 2.45) is 5.73 Å². The lowest BCUT2D eigenvalue weighted by molar-refractivity contribution is 0.528. The molecule has 1 rings (SSSR count). The summed E-state index contributed by atoms with van der Waals surface area (Å²) in [4.78, 5) is 0. The van der Waals surface area contributed by atoms with Crippen molar-refractivity contribution in [2.45, 2.75) is 66.0 Å². The summed E-state index contributed by atoms with van der Waals surface area (Å²) in [5.74, 6) is 0. The van der Waals surface area contributed by atoms with Crippen LogP contribution >= 0.6 is 0 Å². The first-order chi connectivity index (χ1) is 7.57. The summed E-state index contributed by atoms with van der Waals surface area (Å²) in [6.07, 6.45) is 5.11. The van der Waals surface area contributed by atoms with Crippen LogP contribution in [0.2, 0.25) is 0 Å². The molecular weight excluding hydrogens is 198 g/mol. The summed E-state index contributed by atoms with van der Waals surface area (Å²) in [6, 6.07) is 0.0874. The predicted molar refractivity (Wildman–Crippen MR) is 68.4 cm³/mol. The summed E-state index contributed by atoms with van der Waals surface area (Å²) in [6.45, 7) is 9.46. The fraction of sp³-hybridized carbons (Fsp3) is 0.769. The minimum atomic E-state index is 0.0874. The van der Waals surface area contributed by atoms with E-state index in [2.05, 4.69) is 23.6 Å². The molecule has 0 radical (unpaired) electrons. The number of hydrogen-bond donors (Lipinski definition) is 1. The van der Waals surface area contributed by atoms with E-state index in [9.17, 15) is 0 Å². The number of aryl methyl sites for hydroxylation is 2. The van der Waals surface area contributed by atoms with Gasteiger partial charge in [-0.1, -0.05) is 26.2 Å². The lowest BCUT2D eigenvalue weighted by atomic mass is 10.1. The standard InChI is InChI=1S/C13H25N3/c1-5-6-7-8-9-16-12(4)13(10(2)14)11(3)15-16/h10H,5-9,14H2,1-4H3. The highest BCUT2D eigenvalue weighted by molar-refractivity contribution is 5.27. The van der Waals surface area contributed by atoms with Gasteiger partial charge < -0.3 is 5.73 Å². The van der Waals surface area contributed by atoms with E-state index in [1.807, 2.05) is 13.8 Å². The molecule has 1 aromatic heterocycles. The van der Waals surface area contributed by atoms with Crippen molar-refractivity contribution in [3.63, 3.8) is 0 Å². The SMILES string of the molecule is CCCCCCn1nc(C)c(C(C)N)c1C. The monoisotopic (exact) mass is 223 g/mol.